The maximum atomic E-state index is 12.7. The van der Waals surface area contributed by atoms with Crippen LogP contribution in [0.5, 0.6) is 0 Å². The summed E-state index contributed by atoms with van der Waals surface area (Å²) in [7, 11) is -3.04. The topological polar surface area (TPSA) is 92.3 Å². The van der Waals surface area contributed by atoms with E-state index in [4.69, 9.17) is 0 Å². The number of hydrogen-bond acceptors (Lipinski definition) is 6. The van der Waals surface area contributed by atoms with Gasteiger partial charge >= 0.3 is 0 Å². The Morgan fingerprint density at radius 2 is 1.89 bits per heavy atom. The normalized spacial score (nSPS) is 18.2. The Bertz CT molecular complexity index is 896. The fourth-order valence-corrected chi connectivity index (χ4v) is 4.90. The molecule has 1 atom stereocenters. The first kappa shape index (κ1) is 19.3. The highest BCUT2D eigenvalue weighted by molar-refractivity contribution is 7.91. The Kier molecular flexibility index (Phi) is 5.74. The number of anilines is 1. The number of carbonyl (C=O) groups excluding carboxylic acids is 1. The van der Waals surface area contributed by atoms with Gasteiger partial charge in [0, 0.05) is 31.5 Å². The monoisotopic (exact) mass is 388 g/mol. The molecule has 8 heteroatoms. The summed E-state index contributed by atoms with van der Waals surface area (Å²) in [5.74, 6) is 0.381. The van der Waals surface area contributed by atoms with Crippen LogP contribution in [0.15, 0.2) is 36.7 Å². The number of hydrogen-bond donors (Lipinski definition) is 1. The highest BCUT2D eigenvalue weighted by Crippen LogP contribution is 2.19. The molecular weight excluding hydrogens is 364 g/mol. The Labute approximate surface area is 159 Å². The van der Waals surface area contributed by atoms with Crippen LogP contribution in [0.4, 0.5) is 5.95 Å². The molecule has 144 valence electrons. The van der Waals surface area contributed by atoms with E-state index in [0.29, 0.717) is 31.0 Å². The van der Waals surface area contributed by atoms with Gasteiger partial charge in [-0.05, 0) is 25.8 Å². The predicted octanol–water partition coefficient (Wildman–Crippen LogP) is 2.05. The molecule has 0 bridgehead atoms. The predicted molar refractivity (Wildman–Crippen MR) is 104 cm³/mol. The van der Waals surface area contributed by atoms with E-state index in [-0.39, 0.29) is 23.5 Å². The molecule has 1 saturated heterocycles. The van der Waals surface area contributed by atoms with E-state index in [1.54, 1.807) is 4.90 Å². The van der Waals surface area contributed by atoms with E-state index >= 15 is 0 Å². The van der Waals surface area contributed by atoms with E-state index in [1.165, 1.54) is 18.0 Å². The smallest absolute Gasteiger partial charge is 0.257 e. The van der Waals surface area contributed by atoms with Crippen LogP contribution in [0, 0.1) is 6.92 Å². The Morgan fingerprint density at radius 3 is 2.44 bits per heavy atom. The van der Waals surface area contributed by atoms with Crippen molar-refractivity contribution in [3.8, 4) is 0 Å². The number of aryl methyl sites for hydroxylation is 1. The van der Waals surface area contributed by atoms with Crippen LogP contribution < -0.4 is 5.32 Å². The van der Waals surface area contributed by atoms with Crippen molar-refractivity contribution in [3.05, 3.63) is 53.3 Å². The average Bonchev–Trinajstić information content (AvgIpc) is 3.02. The van der Waals surface area contributed by atoms with E-state index < -0.39 is 9.84 Å². The lowest BCUT2D eigenvalue weighted by Gasteiger charge is -2.26. The molecule has 7 nitrogen and oxygen atoms in total. The molecular formula is C19H24N4O3S. The molecule has 1 N–H and O–H groups in total. The highest BCUT2D eigenvalue weighted by atomic mass is 32.2. The van der Waals surface area contributed by atoms with Gasteiger partial charge in [0.05, 0.1) is 17.1 Å². The zero-order chi connectivity index (χ0) is 19.4. The summed E-state index contributed by atoms with van der Waals surface area (Å²) in [5.41, 5.74) is 2.68. The van der Waals surface area contributed by atoms with E-state index in [2.05, 4.69) is 15.3 Å². The summed E-state index contributed by atoms with van der Waals surface area (Å²) in [5, 5.41) is 3.13. The molecule has 1 unspecified atom stereocenters. The number of rotatable bonds is 6. The van der Waals surface area contributed by atoms with Crippen LogP contribution in [0.3, 0.4) is 0 Å². The van der Waals surface area contributed by atoms with Crippen LogP contribution in [-0.4, -0.2) is 53.3 Å². The third kappa shape index (κ3) is 4.82. The highest BCUT2D eigenvalue weighted by Gasteiger charge is 2.34. The average molecular weight is 388 g/mol. The van der Waals surface area contributed by atoms with Gasteiger partial charge in [-0.3, -0.25) is 4.79 Å². The van der Waals surface area contributed by atoms with Crippen molar-refractivity contribution in [2.24, 2.45) is 0 Å². The van der Waals surface area contributed by atoms with Gasteiger partial charge in [-0.25, -0.2) is 18.4 Å². The lowest BCUT2D eigenvalue weighted by Crippen LogP contribution is -2.41. The largest absolute Gasteiger partial charge is 0.350 e. The fourth-order valence-electron chi connectivity index (χ4n) is 3.17. The SMILES string of the molecule is CCN(C(=O)c1cnc(NCc2ccc(C)cc2)nc1)C1CCS(=O)(=O)C1. The van der Waals surface area contributed by atoms with Crippen molar-refractivity contribution >= 4 is 21.7 Å². The van der Waals surface area contributed by atoms with Crippen LogP contribution >= 0.6 is 0 Å². The molecule has 2 heterocycles. The van der Waals surface area contributed by atoms with Gasteiger partial charge in [0.2, 0.25) is 5.95 Å². The molecule has 1 aliphatic heterocycles. The molecule has 1 fully saturated rings. The lowest BCUT2D eigenvalue weighted by molar-refractivity contribution is 0.0707. The van der Waals surface area contributed by atoms with Crippen LogP contribution in [0.25, 0.3) is 0 Å². The molecule has 0 saturated carbocycles. The molecule has 1 aromatic heterocycles. The van der Waals surface area contributed by atoms with E-state index in [9.17, 15) is 13.2 Å². The maximum absolute atomic E-state index is 12.7. The molecule has 0 spiro atoms. The molecule has 2 aromatic rings. The number of sulfone groups is 1. The van der Waals surface area contributed by atoms with Crippen LogP contribution in [-0.2, 0) is 16.4 Å². The number of nitrogens with one attached hydrogen (secondary N) is 1. The minimum atomic E-state index is -3.04. The Balaban J connectivity index is 1.63. The van der Waals surface area contributed by atoms with Crippen LogP contribution in [0.2, 0.25) is 0 Å². The molecule has 3 rings (SSSR count). The van der Waals surface area contributed by atoms with Gasteiger partial charge in [0.1, 0.15) is 0 Å². The minimum absolute atomic E-state index is 0.0314. The zero-order valence-electron chi connectivity index (χ0n) is 15.6. The summed E-state index contributed by atoms with van der Waals surface area (Å²) in [6, 6.07) is 7.89. The van der Waals surface area contributed by atoms with Gasteiger partial charge in [-0.2, -0.15) is 0 Å². The molecule has 1 aliphatic rings. The number of aromatic nitrogens is 2. The van der Waals surface area contributed by atoms with Gasteiger partial charge in [0.25, 0.3) is 5.91 Å². The summed E-state index contributed by atoms with van der Waals surface area (Å²) in [6.07, 6.45) is 3.46. The summed E-state index contributed by atoms with van der Waals surface area (Å²) in [4.78, 5) is 22.8. The number of carbonyl (C=O) groups is 1. The van der Waals surface area contributed by atoms with Crippen molar-refractivity contribution in [1.82, 2.24) is 14.9 Å². The van der Waals surface area contributed by atoms with E-state index in [1.807, 2.05) is 38.1 Å². The second-order valence-corrected chi connectivity index (χ2v) is 9.01. The second kappa shape index (κ2) is 8.04. The van der Waals surface area contributed by atoms with Gasteiger partial charge < -0.3 is 10.2 Å². The number of benzene rings is 1. The minimum Gasteiger partial charge on any atom is -0.350 e. The third-order valence-electron chi connectivity index (χ3n) is 4.72. The Hall–Kier alpha value is -2.48. The zero-order valence-corrected chi connectivity index (χ0v) is 16.4. The van der Waals surface area contributed by atoms with Crippen molar-refractivity contribution < 1.29 is 13.2 Å². The van der Waals surface area contributed by atoms with Crippen molar-refractivity contribution in [1.29, 1.82) is 0 Å². The first-order chi connectivity index (χ1) is 12.9. The molecule has 0 radical (unpaired) electrons. The number of nitrogens with zero attached hydrogens (tertiary/aromatic N) is 3. The summed E-state index contributed by atoms with van der Waals surface area (Å²) in [6.45, 7) is 4.93. The quantitative estimate of drug-likeness (QED) is 0.814. The second-order valence-electron chi connectivity index (χ2n) is 6.78. The molecule has 27 heavy (non-hydrogen) atoms. The Morgan fingerprint density at radius 1 is 1.22 bits per heavy atom. The lowest BCUT2D eigenvalue weighted by atomic mass is 10.1. The fraction of sp³-hybridized carbons (Fsp3) is 0.421. The van der Waals surface area contributed by atoms with Gasteiger partial charge in [0.15, 0.2) is 9.84 Å². The summed E-state index contributed by atoms with van der Waals surface area (Å²) >= 11 is 0. The molecule has 0 aliphatic carbocycles. The molecule has 1 amide bonds. The molecule has 1 aromatic carbocycles. The van der Waals surface area contributed by atoms with Crippen LogP contribution in [0.1, 0.15) is 34.8 Å². The van der Waals surface area contributed by atoms with Gasteiger partial charge in [-0.1, -0.05) is 29.8 Å². The summed E-state index contributed by atoms with van der Waals surface area (Å²) < 4.78 is 23.4. The first-order valence-corrected chi connectivity index (χ1v) is 10.8. The maximum Gasteiger partial charge on any atom is 0.257 e. The van der Waals surface area contributed by atoms with Crippen molar-refractivity contribution in [3.63, 3.8) is 0 Å². The third-order valence-corrected chi connectivity index (χ3v) is 6.47. The van der Waals surface area contributed by atoms with Crippen molar-refractivity contribution in [2.75, 3.05) is 23.4 Å². The van der Waals surface area contributed by atoms with Crippen molar-refractivity contribution in [2.45, 2.75) is 32.9 Å². The first-order valence-electron chi connectivity index (χ1n) is 9.01. The standard InChI is InChI=1S/C19H24N4O3S/c1-3-23(17-8-9-27(25,26)13-17)18(24)16-11-21-19(22-12-16)20-10-15-6-4-14(2)5-7-15/h4-7,11-12,17H,3,8-10,13H2,1-2H3,(H,20,21,22). The van der Waals surface area contributed by atoms with Gasteiger partial charge in [-0.15, -0.1) is 0 Å². The number of amides is 1. The van der Waals surface area contributed by atoms with E-state index in [0.717, 1.165) is 5.56 Å².